The third-order valence-electron chi connectivity index (χ3n) is 7.15. The molecule has 1 heterocycles. The standard InChI is InChI=1S/C29H30F3NO6/c1-16-25(28(35)39-12-11-36-2)26(17-5-8-20(9-6-17)29(30,31)32)27-21(33-16)13-19(14-22(27)34)18-7-10-23(37-3)24(15-18)38-4/h5-10,15,19,25-26H,11-14H2,1-4H3/t19-,25?,26-/m1/s1. The van der Waals surface area contributed by atoms with Gasteiger partial charge in [0, 0.05) is 36.4 Å². The average Bonchev–Trinajstić information content (AvgIpc) is 2.91. The fraction of sp³-hybridized carbons (Fsp3) is 0.414. The Labute approximate surface area is 224 Å². The summed E-state index contributed by atoms with van der Waals surface area (Å²) in [5, 5.41) is 0. The van der Waals surface area contributed by atoms with Crippen LogP contribution in [-0.2, 0) is 25.2 Å². The van der Waals surface area contributed by atoms with Crippen LogP contribution in [0.4, 0.5) is 13.2 Å². The van der Waals surface area contributed by atoms with Gasteiger partial charge in [0.15, 0.2) is 17.3 Å². The second kappa shape index (κ2) is 11.6. The van der Waals surface area contributed by atoms with Crippen LogP contribution in [0.1, 0.15) is 48.3 Å². The van der Waals surface area contributed by atoms with Crippen LogP contribution in [0.25, 0.3) is 0 Å². The molecule has 2 aromatic rings. The van der Waals surface area contributed by atoms with Gasteiger partial charge in [-0.3, -0.25) is 14.6 Å². The zero-order chi connectivity index (χ0) is 28.3. The number of carbonyl (C=O) groups excluding carboxylic acids is 2. The SMILES string of the molecule is COCCOC(=O)C1C(C)=NC2=C(C(=O)C[C@H](c3ccc(OC)c(OC)c3)C2)[C@@H]1c1ccc(C(F)(F)F)cc1. The summed E-state index contributed by atoms with van der Waals surface area (Å²) in [6.07, 6.45) is -3.96. The summed E-state index contributed by atoms with van der Waals surface area (Å²) in [5.74, 6) is -1.72. The number of nitrogens with zero attached hydrogens (tertiary/aromatic N) is 1. The summed E-state index contributed by atoms with van der Waals surface area (Å²) in [5.41, 5.74) is 1.76. The zero-order valence-corrected chi connectivity index (χ0v) is 22.1. The van der Waals surface area contributed by atoms with E-state index in [0.29, 0.717) is 40.5 Å². The van der Waals surface area contributed by atoms with Crippen LogP contribution in [0.5, 0.6) is 11.5 Å². The number of ether oxygens (including phenoxy) is 4. The van der Waals surface area contributed by atoms with E-state index in [1.54, 1.807) is 13.0 Å². The van der Waals surface area contributed by atoms with Crippen LogP contribution in [0.15, 0.2) is 58.7 Å². The number of carbonyl (C=O) groups is 2. The molecule has 208 valence electrons. The summed E-state index contributed by atoms with van der Waals surface area (Å²) >= 11 is 0. The molecule has 0 saturated carbocycles. The van der Waals surface area contributed by atoms with Gasteiger partial charge in [-0.2, -0.15) is 13.2 Å². The number of alkyl halides is 3. The molecule has 2 aliphatic rings. The number of halogens is 3. The molecule has 0 saturated heterocycles. The van der Waals surface area contributed by atoms with Crippen molar-refractivity contribution in [1.82, 2.24) is 0 Å². The first-order valence-corrected chi connectivity index (χ1v) is 12.4. The lowest BCUT2D eigenvalue weighted by Gasteiger charge is -2.36. The van der Waals surface area contributed by atoms with Gasteiger partial charge in [0.05, 0.1) is 26.4 Å². The number of allylic oxidation sites excluding steroid dienone is 2. The van der Waals surface area contributed by atoms with Crippen molar-refractivity contribution < 1.29 is 41.7 Å². The van der Waals surface area contributed by atoms with Crippen molar-refractivity contribution in [3.05, 3.63) is 70.4 Å². The normalized spacial score (nSPS) is 21.3. The second-order valence-electron chi connectivity index (χ2n) is 9.49. The van der Waals surface area contributed by atoms with E-state index in [4.69, 9.17) is 18.9 Å². The molecule has 10 heteroatoms. The highest BCUT2D eigenvalue weighted by Gasteiger charge is 2.45. The largest absolute Gasteiger partial charge is 0.493 e. The molecule has 1 unspecified atom stereocenters. The van der Waals surface area contributed by atoms with Gasteiger partial charge in [0.1, 0.15) is 12.5 Å². The van der Waals surface area contributed by atoms with Crippen LogP contribution < -0.4 is 9.47 Å². The van der Waals surface area contributed by atoms with Crippen LogP contribution in [0.3, 0.4) is 0 Å². The molecule has 1 aliphatic carbocycles. The third-order valence-corrected chi connectivity index (χ3v) is 7.15. The van der Waals surface area contributed by atoms with E-state index in [9.17, 15) is 22.8 Å². The highest BCUT2D eigenvalue weighted by atomic mass is 19.4. The number of Topliss-reactive ketones (excluding diaryl/α,β-unsaturated/α-hetero) is 1. The predicted molar refractivity (Wildman–Crippen MR) is 137 cm³/mol. The van der Waals surface area contributed by atoms with Crippen molar-refractivity contribution in [1.29, 1.82) is 0 Å². The van der Waals surface area contributed by atoms with Gasteiger partial charge in [0.2, 0.25) is 0 Å². The maximum atomic E-state index is 13.7. The molecule has 4 rings (SSSR count). The lowest BCUT2D eigenvalue weighted by molar-refractivity contribution is -0.148. The summed E-state index contributed by atoms with van der Waals surface area (Å²) in [6, 6.07) is 10.0. The molecular weight excluding hydrogens is 515 g/mol. The van der Waals surface area contributed by atoms with E-state index in [1.807, 2.05) is 12.1 Å². The quantitative estimate of drug-likeness (QED) is 0.322. The van der Waals surface area contributed by atoms with Crippen molar-refractivity contribution in [3.8, 4) is 11.5 Å². The van der Waals surface area contributed by atoms with Gasteiger partial charge < -0.3 is 18.9 Å². The predicted octanol–water partition coefficient (Wildman–Crippen LogP) is 5.49. The van der Waals surface area contributed by atoms with Gasteiger partial charge in [-0.05, 0) is 54.7 Å². The number of hydrogen-bond donors (Lipinski definition) is 0. The molecule has 39 heavy (non-hydrogen) atoms. The van der Waals surface area contributed by atoms with Crippen molar-refractivity contribution in [2.75, 3.05) is 34.5 Å². The van der Waals surface area contributed by atoms with E-state index in [2.05, 4.69) is 4.99 Å². The van der Waals surface area contributed by atoms with E-state index in [0.717, 1.165) is 17.7 Å². The number of aliphatic imine (C=N–C) groups is 1. The van der Waals surface area contributed by atoms with E-state index >= 15 is 0 Å². The lowest BCUT2D eigenvalue weighted by atomic mass is 9.69. The van der Waals surface area contributed by atoms with Crippen LogP contribution in [0.2, 0.25) is 0 Å². The van der Waals surface area contributed by atoms with Crippen LogP contribution >= 0.6 is 0 Å². The Hall–Kier alpha value is -3.66. The maximum absolute atomic E-state index is 13.7. The number of esters is 1. The molecule has 0 radical (unpaired) electrons. The smallest absolute Gasteiger partial charge is 0.416 e. The molecule has 0 amide bonds. The molecule has 1 aliphatic heterocycles. The summed E-state index contributed by atoms with van der Waals surface area (Å²) < 4.78 is 60.8. The van der Waals surface area contributed by atoms with Crippen LogP contribution in [-0.4, -0.2) is 52.0 Å². The number of rotatable bonds is 8. The monoisotopic (exact) mass is 545 g/mol. The number of ketones is 1. The third kappa shape index (κ3) is 5.85. The molecule has 0 fully saturated rings. The van der Waals surface area contributed by atoms with Crippen molar-refractivity contribution in [2.24, 2.45) is 10.9 Å². The van der Waals surface area contributed by atoms with Gasteiger partial charge in [-0.25, -0.2) is 0 Å². The first-order chi connectivity index (χ1) is 18.6. The first kappa shape index (κ1) is 28.4. The van der Waals surface area contributed by atoms with E-state index < -0.39 is 29.5 Å². The van der Waals surface area contributed by atoms with Gasteiger partial charge in [-0.1, -0.05) is 18.2 Å². The Morgan fingerprint density at radius 3 is 2.23 bits per heavy atom. The van der Waals surface area contributed by atoms with Gasteiger partial charge in [-0.15, -0.1) is 0 Å². The van der Waals surface area contributed by atoms with Crippen molar-refractivity contribution in [2.45, 2.75) is 37.8 Å². The summed E-state index contributed by atoms with van der Waals surface area (Å²) in [4.78, 5) is 31.6. The van der Waals surface area contributed by atoms with E-state index in [-0.39, 0.29) is 31.3 Å². The molecule has 0 aromatic heterocycles. The average molecular weight is 546 g/mol. The molecule has 0 spiro atoms. The minimum Gasteiger partial charge on any atom is -0.493 e. The second-order valence-corrected chi connectivity index (χ2v) is 9.49. The molecule has 2 aromatic carbocycles. The zero-order valence-electron chi connectivity index (χ0n) is 22.1. The van der Waals surface area contributed by atoms with Crippen molar-refractivity contribution in [3.63, 3.8) is 0 Å². The molecule has 0 N–H and O–H groups in total. The number of benzene rings is 2. The number of hydrogen-bond acceptors (Lipinski definition) is 7. The topological polar surface area (TPSA) is 83.4 Å². The maximum Gasteiger partial charge on any atom is 0.416 e. The molecule has 3 atom stereocenters. The first-order valence-electron chi connectivity index (χ1n) is 12.4. The fourth-order valence-electron chi connectivity index (χ4n) is 5.26. The Morgan fingerprint density at radius 2 is 1.62 bits per heavy atom. The highest BCUT2D eigenvalue weighted by molar-refractivity contribution is 6.09. The summed E-state index contributed by atoms with van der Waals surface area (Å²) in [7, 11) is 4.54. The summed E-state index contributed by atoms with van der Waals surface area (Å²) in [6.45, 7) is 1.85. The lowest BCUT2D eigenvalue weighted by Crippen LogP contribution is -2.38. The number of methoxy groups -OCH3 is 3. The van der Waals surface area contributed by atoms with Crippen LogP contribution in [0, 0.1) is 5.92 Å². The highest BCUT2D eigenvalue weighted by Crippen LogP contribution is 2.48. The minimum atomic E-state index is -4.52. The van der Waals surface area contributed by atoms with E-state index in [1.165, 1.54) is 33.5 Å². The van der Waals surface area contributed by atoms with Gasteiger partial charge >= 0.3 is 12.1 Å². The Morgan fingerprint density at radius 1 is 0.949 bits per heavy atom. The Balaban J connectivity index is 1.75. The Kier molecular flexibility index (Phi) is 8.44. The molecule has 7 nitrogen and oxygen atoms in total. The fourth-order valence-corrected chi connectivity index (χ4v) is 5.26. The minimum absolute atomic E-state index is 0.0000721. The van der Waals surface area contributed by atoms with Crippen molar-refractivity contribution >= 4 is 17.5 Å². The molecule has 0 bridgehead atoms. The molecular formula is C29H30F3NO6. The Bertz CT molecular complexity index is 1300. The van der Waals surface area contributed by atoms with Gasteiger partial charge in [0.25, 0.3) is 0 Å².